The minimum Gasteiger partial charge on any atom is -0.450 e. The van der Waals surface area contributed by atoms with Crippen molar-refractivity contribution in [3.63, 3.8) is 0 Å². The smallest absolute Gasteiger partial charge is 0.296 e. The number of hydrogen-bond donors (Lipinski definition) is 0. The van der Waals surface area contributed by atoms with E-state index in [0.717, 1.165) is 27.1 Å². The van der Waals surface area contributed by atoms with Crippen molar-refractivity contribution in [3.8, 4) is 0 Å². The highest BCUT2D eigenvalue weighted by atomic mass is 32.2. The van der Waals surface area contributed by atoms with Crippen LogP contribution in [0.3, 0.4) is 0 Å². The number of pyridine rings is 1. The summed E-state index contributed by atoms with van der Waals surface area (Å²) < 4.78 is 6.09. The Morgan fingerprint density at radius 3 is 2.38 bits per heavy atom. The quantitative estimate of drug-likeness (QED) is 0.387. The van der Waals surface area contributed by atoms with E-state index >= 15 is 0 Å². The molecule has 0 N–H and O–H groups in total. The molecule has 5 rings (SSSR count). The van der Waals surface area contributed by atoms with Crippen molar-refractivity contribution in [1.82, 2.24) is 4.98 Å². The molecule has 5 nitrogen and oxygen atoms in total. The molecule has 2 aromatic heterocycles. The van der Waals surface area contributed by atoms with Gasteiger partial charge in [0.15, 0.2) is 5.43 Å². The van der Waals surface area contributed by atoms with Crippen LogP contribution in [0.5, 0.6) is 0 Å². The minimum absolute atomic E-state index is 0.0907. The SMILES string of the molecule is CSc1ccc(C2c3c(oc4cc(C)c(C)cc4c3=O)C(=O)N2c2cc(C)ccn2)cc1. The molecule has 1 unspecified atom stereocenters. The molecule has 160 valence electrons. The monoisotopic (exact) mass is 442 g/mol. The lowest BCUT2D eigenvalue weighted by Crippen LogP contribution is -2.30. The van der Waals surface area contributed by atoms with Crippen molar-refractivity contribution in [2.45, 2.75) is 31.7 Å². The highest BCUT2D eigenvalue weighted by Gasteiger charge is 2.44. The van der Waals surface area contributed by atoms with Gasteiger partial charge in [0.25, 0.3) is 5.91 Å². The highest BCUT2D eigenvalue weighted by molar-refractivity contribution is 7.98. The summed E-state index contributed by atoms with van der Waals surface area (Å²) in [6.07, 6.45) is 3.69. The zero-order valence-corrected chi connectivity index (χ0v) is 19.1. The maximum Gasteiger partial charge on any atom is 0.296 e. The van der Waals surface area contributed by atoms with Crippen LogP contribution in [0.1, 0.15) is 44.4 Å². The zero-order chi connectivity index (χ0) is 22.6. The summed E-state index contributed by atoms with van der Waals surface area (Å²) in [6.45, 7) is 5.88. The summed E-state index contributed by atoms with van der Waals surface area (Å²) in [5, 5.41) is 0.490. The summed E-state index contributed by atoms with van der Waals surface area (Å²) in [5.74, 6) is 0.235. The Labute approximate surface area is 190 Å². The number of anilines is 1. The van der Waals surface area contributed by atoms with Crippen molar-refractivity contribution < 1.29 is 9.21 Å². The summed E-state index contributed by atoms with van der Waals surface area (Å²) in [7, 11) is 0. The molecule has 1 aliphatic heterocycles. The topological polar surface area (TPSA) is 63.4 Å². The number of thioether (sulfide) groups is 1. The van der Waals surface area contributed by atoms with Crippen molar-refractivity contribution in [2.75, 3.05) is 11.2 Å². The molecule has 0 spiro atoms. The van der Waals surface area contributed by atoms with Gasteiger partial charge in [-0.1, -0.05) is 12.1 Å². The van der Waals surface area contributed by atoms with Gasteiger partial charge >= 0.3 is 0 Å². The maximum atomic E-state index is 13.7. The van der Waals surface area contributed by atoms with E-state index in [2.05, 4.69) is 4.98 Å². The first-order chi connectivity index (χ1) is 15.4. The van der Waals surface area contributed by atoms with E-state index in [4.69, 9.17) is 4.42 Å². The fraction of sp³-hybridized carbons (Fsp3) is 0.192. The van der Waals surface area contributed by atoms with Gasteiger partial charge in [-0.05, 0) is 85.7 Å². The summed E-state index contributed by atoms with van der Waals surface area (Å²) in [4.78, 5) is 34.5. The average Bonchev–Trinajstić information content (AvgIpc) is 3.08. The first-order valence-electron chi connectivity index (χ1n) is 10.4. The lowest BCUT2D eigenvalue weighted by Gasteiger charge is -2.24. The van der Waals surface area contributed by atoms with Crippen LogP contribution in [-0.4, -0.2) is 17.1 Å². The Morgan fingerprint density at radius 1 is 0.969 bits per heavy atom. The van der Waals surface area contributed by atoms with Gasteiger partial charge in [-0.3, -0.25) is 14.5 Å². The first-order valence-corrected chi connectivity index (χ1v) is 11.6. The van der Waals surface area contributed by atoms with Gasteiger partial charge in [0.1, 0.15) is 11.4 Å². The second-order valence-electron chi connectivity index (χ2n) is 8.15. The lowest BCUT2D eigenvalue weighted by molar-refractivity contribution is 0.0970. The summed E-state index contributed by atoms with van der Waals surface area (Å²) in [5.41, 5.74) is 4.46. The van der Waals surface area contributed by atoms with Gasteiger partial charge in [-0.2, -0.15) is 0 Å². The molecular formula is C26H22N2O3S. The second kappa shape index (κ2) is 7.64. The van der Waals surface area contributed by atoms with Crippen LogP contribution in [-0.2, 0) is 0 Å². The van der Waals surface area contributed by atoms with Crippen LogP contribution in [0, 0.1) is 20.8 Å². The van der Waals surface area contributed by atoms with Crippen LogP contribution in [0.25, 0.3) is 11.0 Å². The molecule has 6 heteroatoms. The normalized spacial score (nSPS) is 15.4. The van der Waals surface area contributed by atoms with Gasteiger partial charge in [0, 0.05) is 11.1 Å². The molecule has 0 saturated carbocycles. The number of nitrogens with zero attached hydrogens (tertiary/aromatic N) is 2. The molecule has 0 saturated heterocycles. The number of amides is 1. The van der Waals surface area contributed by atoms with Crippen molar-refractivity contribution >= 4 is 34.5 Å². The molecule has 0 aliphatic carbocycles. The van der Waals surface area contributed by atoms with Crippen molar-refractivity contribution in [1.29, 1.82) is 0 Å². The Kier molecular flexibility index (Phi) is 4.90. The molecule has 32 heavy (non-hydrogen) atoms. The number of hydrogen-bond acceptors (Lipinski definition) is 5. The Bertz CT molecular complexity index is 1440. The summed E-state index contributed by atoms with van der Waals surface area (Å²) in [6, 6.07) is 14.7. The largest absolute Gasteiger partial charge is 0.450 e. The molecule has 2 aromatic carbocycles. The van der Waals surface area contributed by atoms with E-state index in [0.29, 0.717) is 22.4 Å². The Hall–Kier alpha value is -3.38. The predicted octanol–water partition coefficient (Wildman–Crippen LogP) is 5.58. The van der Waals surface area contributed by atoms with E-state index in [9.17, 15) is 9.59 Å². The molecule has 0 fully saturated rings. The Balaban J connectivity index is 1.81. The number of aromatic nitrogens is 1. The van der Waals surface area contributed by atoms with E-state index in [1.54, 1.807) is 22.9 Å². The first kappa shape index (κ1) is 20.5. The minimum atomic E-state index is -0.607. The second-order valence-corrected chi connectivity index (χ2v) is 9.03. The molecule has 4 aromatic rings. The van der Waals surface area contributed by atoms with Gasteiger partial charge in [0.05, 0.1) is 17.0 Å². The maximum absolute atomic E-state index is 13.7. The number of carbonyl (C=O) groups excluding carboxylic acids is 1. The molecule has 1 amide bonds. The van der Waals surface area contributed by atoms with Gasteiger partial charge in [-0.15, -0.1) is 11.8 Å². The Morgan fingerprint density at radius 2 is 1.69 bits per heavy atom. The number of fused-ring (bicyclic) bond motifs is 2. The standard InChI is InChI=1S/C26H22N2O3S/c1-14-9-10-27-21(11-14)28-23(17-5-7-18(32-4)8-6-17)22-24(29)19-12-15(2)16(3)13-20(19)31-25(22)26(28)30/h5-13,23H,1-4H3. The van der Waals surface area contributed by atoms with E-state index in [1.807, 2.05) is 75.6 Å². The molecule has 3 heterocycles. The van der Waals surface area contributed by atoms with E-state index < -0.39 is 6.04 Å². The third-order valence-corrected chi connectivity index (χ3v) is 6.81. The van der Waals surface area contributed by atoms with Crippen molar-refractivity contribution in [2.24, 2.45) is 0 Å². The lowest BCUT2D eigenvalue weighted by atomic mass is 9.97. The van der Waals surface area contributed by atoms with Crippen LogP contribution in [0.15, 0.2) is 68.8 Å². The van der Waals surface area contributed by atoms with Crippen LogP contribution >= 0.6 is 11.8 Å². The number of benzene rings is 2. The molecule has 0 bridgehead atoms. The highest BCUT2D eigenvalue weighted by Crippen LogP contribution is 2.41. The molecular weight excluding hydrogens is 420 g/mol. The van der Waals surface area contributed by atoms with Gasteiger partial charge in [0.2, 0.25) is 5.76 Å². The summed E-state index contributed by atoms with van der Waals surface area (Å²) >= 11 is 1.64. The zero-order valence-electron chi connectivity index (χ0n) is 18.3. The number of rotatable bonds is 3. The third-order valence-electron chi connectivity index (χ3n) is 6.07. The van der Waals surface area contributed by atoms with Crippen LogP contribution in [0.2, 0.25) is 0 Å². The van der Waals surface area contributed by atoms with E-state index in [1.165, 1.54) is 0 Å². The average molecular weight is 443 g/mol. The molecule has 0 radical (unpaired) electrons. The fourth-order valence-electron chi connectivity index (χ4n) is 4.22. The van der Waals surface area contributed by atoms with Gasteiger partial charge < -0.3 is 4.42 Å². The predicted molar refractivity (Wildman–Crippen MR) is 128 cm³/mol. The third kappa shape index (κ3) is 3.14. The van der Waals surface area contributed by atoms with Gasteiger partial charge in [-0.25, -0.2) is 4.98 Å². The van der Waals surface area contributed by atoms with Crippen LogP contribution < -0.4 is 10.3 Å². The molecule has 1 aliphatic rings. The van der Waals surface area contributed by atoms with Crippen LogP contribution in [0.4, 0.5) is 5.82 Å². The fourth-order valence-corrected chi connectivity index (χ4v) is 4.63. The number of carbonyl (C=O) groups is 1. The molecule has 1 atom stereocenters. The van der Waals surface area contributed by atoms with E-state index in [-0.39, 0.29) is 17.1 Å². The van der Waals surface area contributed by atoms with Crippen molar-refractivity contribution in [3.05, 3.63) is 98.5 Å². The number of aryl methyl sites for hydroxylation is 3.